The fraction of sp³-hybridized carbons (Fsp3) is 0.200. The average molecular weight is 191 g/mol. The van der Waals surface area contributed by atoms with Gasteiger partial charge >= 0.3 is 0 Å². The maximum atomic E-state index is 4.28. The molecule has 2 nitrogen and oxygen atoms in total. The van der Waals surface area contributed by atoms with E-state index in [9.17, 15) is 0 Å². The van der Waals surface area contributed by atoms with Crippen LogP contribution in [0.4, 0.5) is 0 Å². The van der Waals surface area contributed by atoms with Crippen molar-refractivity contribution in [1.29, 1.82) is 0 Å². The predicted molar refractivity (Wildman–Crippen MR) is 58.0 cm³/mol. The molecule has 1 heterocycles. The summed E-state index contributed by atoms with van der Waals surface area (Å²) in [5, 5.41) is 0. The Labute approximate surface area is 83.0 Å². The summed E-state index contributed by atoms with van der Waals surface area (Å²) >= 11 is 4.22. The normalized spacial score (nSPS) is 13.4. The quantitative estimate of drug-likeness (QED) is 0.721. The Morgan fingerprint density at radius 1 is 1.46 bits per heavy atom. The summed E-state index contributed by atoms with van der Waals surface area (Å²) in [5.74, 6) is 0.723. The maximum Gasteiger partial charge on any atom is 0.0961 e. The van der Waals surface area contributed by atoms with Gasteiger partial charge in [0.15, 0.2) is 0 Å². The van der Waals surface area contributed by atoms with Crippen molar-refractivity contribution in [3.63, 3.8) is 0 Å². The fourth-order valence-electron chi connectivity index (χ4n) is 1.36. The summed E-state index contributed by atoms with van der Waals surface area (Å²) in [5.41, 5.74) is 2.13. The summed E-state index contributed by atoms with van der Waals surface area (Å²) in [7, 11) is 0. The van der Waals surface area contributed by atoms with Crippen LogP contribution in [-0.4, -0.2) is 15.3 Å². The van der Waals surface area contributed by atoms with Gasteiger partial charge in [-0.1, -0.05) is 12.1 Å². The molecule has 0 aliphatic rings. The Bertz CT molecular complexity index is 408. The monoisotopic (exact) mass is 191 g/mol. The molecule has 0 amide bonds. The Balaban J connectivity index is 2.57. The smallest absolute Gasteiger partial charge is 0.0961 e. The highest BCUT2D eigenvalue weighted by molar-refractivity contribution is 7.80. The van der Waals surface area contributed by atoms with Gasteiger partial charge in [0.2, 0.25) is 0 Å². The zero-order chi connectivity index (χ0) is 9.26. The lowest BCUT2D eigenvalue weighted by Gasteiger charge is -2.10. The van der Waals surface area contributed by atoms with Crippen LogP contribution in [0, 0.1) is 6.92 Å². The van der Waals surface area contributed by atoms with Gasteiger partial charge in [-0.25, -0.2) is 4.98 Å². The van der Waals surface area contributed by atoms with Crippen molar-refractivity contribution in [3.05, 3.63) is 37.5 Å². The molecule has 13 heavy (non-hydrogen) atoms. The molecule has 0 fully saturated rings. The molecule has 1 atom stereocenters. The second-order valence-electron chi connectivity index (χ2n) is 2.98. The highest BCUT2D eigenvalue weighted by atomic mass is 32.1. The Kier molecular flexibility index (Phi) is 2.27. The van der Waals surface area contributed by atoms with E-state index in [1.165, 1.54) is 0 Å². The summed E-state index contributed by atoms with van der Waals surface area (Å²) in [4.78, 5) is 4.28. The lowest BCUT2D eigenvalue weighted by Crippen LogP contribution is -2.04. The Morgan fingerprint density at radius 2 is 2.23 bits per heavy atom. The number of hydrogen-bond donors (Lipinski definition) is 1. The van der Waals surface area contributed by atoms with Gasteiger partial charge in [-0.3, -0.25) is 0 Å². The number of imidazole rings is 1. The van der Waals surface area contributed by atoms with E-state index in [0.717, 1.165) is 16.8 Å². The standard InChI is InChI=1S/C10H11N2S/c1-8(6-13)12-7-11-9-4-2-3-5-10(9)12/h2-5,7-8,13H,1,6H2. The van der Waals surface area contributed by atoms with Gasteiger partial charge in [-0.2, -0.15) is 12.6 Å². The molecule has 2 rings (SSSR count). The van der Waals surface area contributed by atoms with Crippen LogP contribution in [-0.2, 0) is 0 Å². The average Bonchev–Trinajstić information content (AvgIpc) is 2.60. The molecule has 1 aromatic heterocycles. The molecule has 0 saturated carbocycles. The van der Waals surface area contributed by atoms with Crippen molar-refractivity contribution in [3.8, 4) is 0 Å². The van der Waals surface area contributed by atoms with Crippen LogP contribution in [0.3, 0.4) is 0 Å². The van der Waals surface area contributed by atoms with Gasteiger partial charge < -0.3 is 4.57 Å². The van der Waals surface area contributed by atoms with Crippen LogP contribution >= 0.6 is 12.6 Å². The minimum Gasteiger partial charge on any atom is -0.327 e. The largest absolute Gasteiger partial charge is 0.327 e. The van der Waals surface area contributed by atoms with E-state index in [2.05, 4.69) is 24.5 Å². The van der Waals surface area contributed by atoms with Crippen molar-refractivity contribution in [1.82, 2.24) is 9.55 Å². The first kappa shape index (κ1) is 8.63. The van der Waals surface area contributed by atoms with Crippen molar-refractivity contribution in [2.75, 3.05) is 5.75 Å². The van der Waals surface area contributed by atoms with E-state index in [4.69, 9.17) is 0 Å². The third-order valence-electron chi connectivity index (χ3n) is 2.09. The minimum atomic E-state index is 0.149. The van der Waals surface area contributed by atoms with Gasteiger partial charge in [0.05, 0.1) is 17.4 Å². The molecule has 1 unspecified atom stereocenters. The van der Waals surface area contributed by atoms with Crippen LogP contribution in [0.15, 0.2) is 30.6 Å². The Morgan fingerprint density at radius 3 is 3.00 bits per heavy atom. The molecule has 0 aliphatic carbocycles. The molecular formula is C10H11N2S. The molecule has 0 N–H and O–H groups in total. The van der Waals surface area contributed by atoms with E-state index in [1.807, 2.05) is 35.2 Å². The topological polar surface area (TPSA) is 17.8 Å². The van der Waals surface area contributed by atoms with Crippen LogP contribution in [0.2, 0.25) is 0 Å². The first-order chi connectivity index (χ1) is 6.33. The number of aromatic nitrogens is 2. The fourth-order valence-corrected chi connectivity index (χ4v) is 1.53. The summed E-state index contributed by atoms with van der Waals surface area (Å²) in [6, 6.07) is 8.18. The summed E-state index contributed by atoms with van der Waals surface area (Å²) in [6.07, 6.45) is 1.82. The second kappa shape index (κ2) is 3.42. The third-order valence-corrected chi connectivity index (χ3v) is 2.51. The number of thiol groups is 1. The van der Waals surface area contributed by atoms with Gasteiger partial charge in [0.1, 0.15) is 0 Å². The number of hydrogen-bond acceptors (Lipinski definition) is 2. The Hall–Kier alpha value is -0.960. The molecule has 0 saturated heterocycles. The third kappa shape index (κ3) is 1.44. The maximum absolute atomic E-state index is 4.28. The first-order valence-corrected chi connectivity index (χ1v) is 4.81. The van der Waals surface area contributed by atoms with Crippen molar-refractivity contribution in [2.45, 2.75) is 6.04 Å². The van der Waals surface area contributed by atoms with Crippen molar-refractivity contribution >= 4 is 23.7 Å². The minimum absolute atomic E-state index is 0.149. The zero-order valence-corrected chi connectivity index (χ0v) is 8.11. The van der Waals surface area contributed by atoms with E-state index < -0.39 is 0 Å². The SMILES string of the molecule is [CH2]C(CS)n1cnc2ccccc21. The van der Waals surface area contributed by atoms with Gasteiger partial charge in [0.25, 0.3) is 0 Å². The van der Waals surface area contributed by atoms with E-state index >= 15 is 0 Å². The van der Waals surface area contributed by atoms with Gasteiger partial charge in [-0.15, -0.1) is 0 Å². The highest BCUT2D eigenvalue weighted by Gasteiger charge is 2.06. The van der Waals surface area contributed by atoms with Crippen molar-refractivity contribution in [2.24, 2.45) is 0 Å². The molecular weight excluding hydrogens is 180 g/mol. The van der Waals surface area contributed by atoms with Gasteiger partial charge in [-0.05, 0) is 19.1 Å². The molecule has 67 valence electrons. The van der Waals surface area contributed by atoms with Crippen LogP contribution < -0.4 is 0 Å². The zero-order valence-electron chi connectivity index (χ0n) is 7.22. The lowest BCUT2D eigenvalue weighted by molar-refractivity contribution is 0.688. The van der Waals surface area contributed by atoms with Crippen LogP contribution in [0.25, 0.3) is 11.0 Å². The van der Waals surface area contributed by atoms with Crippen LogP contribution in [0.5, 0.6) is 0 Å². The highest BCUT2D eigenvalue weighted by Crippen LogP contribution is 2.17. The number of para-hydroxylation sites is 2. The number of rotatable bonds is 2. The number of fused-ring (bicyclic) bond motifs is 1. The first-order valence-electron chi connectivity index (χ1n) is 4.18. The molecule has 0 aliphatic heterocycles. The molecule has 1 aromatic carbocycles. The second-order valence-corrected chi connectivity index (χ2v) is 3.34. The number of benzene rings is 1. The van der Waals surface area contributed by atoms with E-state index in [0.29, 0.717) is 0 Å². The number of nitrogens with zero attached hydrogens (tertiary/aromatic N) is 2. The molecule has 0 bridgehead atoms. The van der Waals surface area contributed by atoms with Crippen LogP contribution in [0.1, 0.15) is 6.04 Å². The summed E-state index contributed by atoms with van der Waals surface area (Å²) in [6.45, 7) is 4.00. The molecule has 0 spiro atoms. The van der Waals surface area contributed by atoms with E-state index in [-0.39, 0.29) is 6.04 Å². The molecule has 3 heteroatoms. The van der Waals surface area contributed by atoms with Gasteiger partial charge in [0, 0.05) is 11.8 Å². The van der Waals surface area contributed by atoms with Crippen molar-refractivity contribution < 1.29 is 0 Å². The van der Waals surface area contributed by atoms with E-state index in [1.54, 1.807) is 0 Å². The summed E-state index contributed by atoms with van der Waals surface area (Å²) < 4.78 is 2.04. The molecule has 1 radical (unpaired) electrons. The predicted octanol–water partition coefficient (Wildman–Crippen LogP) is 2.34. The molecule has 2 aromatic rings. The lowest BCUT2D eigenvalue weighted by atomic mass is 10.3.